The molecule has 1 aliphatic carbocycles. The minimum atomic E-state index is 0.467. The fourth-order valence-electron chi connectivity index (χ4n) is 1.70. The number of benzene rings is 1. The number of halogens is 1. The van der Waals surface area contributed by atoms with Crippen molar-refractivity contribution in [3.63, 3.8) is 0 Å². The first kappa shape index (κ1) is 12.5. The topological polar surface area (TPSA) is 67.4 Å². The molecule has 1 aliphatic rings. The summed E-state index contributed by atoms with van der Waals surface area (Å²) >= 11 is 7.70. The lowest BCUT2D eigenvalue weighted by atomic mass is 10.2. The average molecular weight is 292 g/mol. The summed E-state index contributed by atoms with van der Waals surface area (Å²) in [4.78, 5) is 0. The molecule has 3 rings (SSSR count). The molecule has 1 fully saturated rings. The summed E-state index contributed by atoms with van der Waals surface area (Å²) in [6, 6.07) is 7.86. The second-order valence-corrected chi connectivity index (χ2v) is 5.69. The van der Waals surface area contributed by atoms with E-state index in [2.05, 4.69) is 21.6 Å². The van der Waals surface area contributed by atoms with E-state index in [0.29, 0.717) is 22.4 Å². The number of hydrogen-bond acceptors (Lipinski definition) is 5. The smallest absolute Gasteiger partial charge is 0.209 e. The van der Waals surface area contributed by atoms with Crippen molar-refractivity contribution in [2.75, 3.05) is 0 Å². The van der Waals surface area contributed by atoms with Gasteiger partial charge in [0.1, 0.15) is 0 Å². The van der Waals surface area contributed by atoms with Gasteiger partial charge in [0.2, 0.25) is 5.16 Å². The third-order valence-electron chi connectivity index (χ3n) is 2.89. The summed E-state index contributed by atoms with van der Waals surface area (Å²) in [5.74, 6) is 0.692. The zero-order chi connectivity index (χ0) is 13.2. The molecule has 0 spiro atoms. The van der Waals surface area contributed by atoms with Gasteiger partial charge in [-0.1, -0.05) is 29.4 Å². The third-order valence-corrected chi connectivity index (χ3v) is 4.23. The molecule has 0 N–H and O–H groups in total. The van der Waals surface area contributed by atoms with Gasteiger partial charge in [0, 0.05) is 10.8 Å². The molecule has 0 radical (unpaired) electrons. The molecule has 1 aromatic heterocycles. The summed E-state index contributed by atoms with van der Waals surface area (Å²) in [6.45, 7) is 0. The van der Waals surface area contributed by atoms with Gasteiger partial charge in [-0.2, -0.15) is 5.26 Å². The van der Waals surface area contributed by atoms with Gasteiger partial charge in [-0.3, -0.25) is 0 Å². The highest BCUT2D eigenvalue weighted by Crippen LogP contribution is 2.37. The van der Waals surface area contributed by atoms with E-state index in [1.165, 1.54) is 0 Å². The van der Waals surface area contributed by atoms with Gasteiger partial charge in [-0.25, -0.2) is 4.68 Å². The molecular weight excluding hydrogens is 282 g/mol. The fraction of sp³-hybridized carbons (Fsp3) is 0.333. The predicted octanol–water partition coefficient (Wildman–Crippen LogP) is 2.83. The van der Waals surface area contributed by atoms with Gasteiger partial charge in [0.15, 0.2) is 0 Å². The molecular formula is C12H10ClN5S. The van der Waals surface area contributed by atoms with Gasteiger partial charge in [0.25, 0.3) is 0 Å². The minimum absolute atomic E-state index is 0.467. The van der Waals surface area contributed by atoms with Crippen LogP contribution < -0.4 is 0 Å². The molecule has 19 heavy (non-hydrogen) atoms. The molecule has 1 aromatic carbocycles. The number of aromatic nitrogens is 4. The van der Waals surface area contributed by atoms with Crippen LogP contribution in [0.4, 0.5) is 0 Å². The van der Waals surface area contributed by atoms with Crippen molar-refractivity contribution < 1.29 is 0 Å². The highest BCUT2D eigenvalue weighted by Gasteiger charge is 2.27. The molecule has 7 heteroatoms. The van der Waals surface area contributed by atoms with Crippen LogP contribution in [0, 0.1) is 11.3 Å². The molecule has 0 saturated heterocycles. The van der Waals surface area contributed by atoms with Gasteiger partial charge in [-0.05, 0) is 41.0 Å². The molecule has 2 aromatic rings. The Kier molecular flexibility index (Phi) is 3.40. The number of nitriles is 1. The Labute approximate surface area is 119 Å². The Morgan fingerprint density at radius 3 is 3.00 bits per heavy atom. The van der Waals surface area contributed by atoms with Crippen LogP contribution in [0.25, 0.3) is 0 Å². The minimum Gasteiger partial charge on any atom is -0.217 e. The zero-order valence-corrected chi connectivity index (χ0v) is 11.5. The van der Waals surface area contributed by atoms with Crippen molar-refractivity contribution in [2.45, 2.75) is 29.8 Å². The molecule has 0 bridgehead atoms. The van der Waals surface area contributed by atoms with Crippen molar-refractivity contribution in [3.8, 4) is 6.07 Å². The third kappa shape index (κ3) is 2.72. The van der Waals surface area contributed by atoms with Gasteiger partial charge in [0.05, 0.1) is 17.7 Å². The number of hydrogen-bond donors (Lipinski definition) is 0. The first-order valence-electron chi connectivity index (χ1n) is 5.87. The van der Waals surface area contributed by atoms with Crippen LogP contribution in [0.2, 0.25) is 5.02 Å². The van der Waals surface area contributed by atoms with Crippen LogP contribution in [-0.2, 0) is 5.75 Å². The molecule has 1 saturated carbocycles. The summed E-state index contributed by atoms with van der Waals surface area (Å²) in [6.07, 6.45) is 2.30. The van der Waals surface area contributed by atoms with Crippen LogP contribution in [0.15, 0.2) is 23.4 Å². The van der Waals surface area contributed by atoms with Crippen molar-refractivity contribution in [3.05, 3.63) is 34.3 Å². The Bertz CT molecular complexity index is 644. The Hall–Kier alpha value is -1.58. The van der Waals surface area contributed by atoms with Crippen LogP contribution >= 0.6 is 23.4 Å². The molecule has 96 valence electrons. The van der Waals surface area contributed by atoms with Crippen LogP contribution in [-0.4, -0.2) is 20.2 Å². The predicted molar refractivity (Wildman–Crippen MR) is 71.8 cm³/mol. The normalized spacial score (nSPS) is 14.3. The lowest BCUT2D eigenvalue weighted by molar-refractivity contribution is 0.565. The second kappa shape index (κ2) is 5.19. The SMILES string of the molecule is N#Cc1ccc(CSc2nnnn2C2CC2)c(Cl)c1. The first-order chi connectivity index (χ1) is 9.28. The Morgan fingerprint density at radius 1 is 1.47 bits per heavy atom. The lowest BCUT2D eigenvalue weighted by Gasteiger charge is -2.04. The van der Waals surface area contributed by atoms with E-state index in [1.54, 1.807) is 23.9 Å². The highest BCUT2D eigenvalue weighted by molar-refractivity contribution is 7.98. The second-order valence-electron chi connectivity index (χ2n) is 4.34. The molecule has 0 aliphatic heterocycles. The van der Waals surface area contributed by atoms with Gasteiger partial charge < -0.3 is 0 Å². The van der Waals surface area contributed by atoms with Crippen LogP contribution in [0.3, 0.4) is 0 Å². The quantitative estimate of drug-likeness (QED) is 0.810. The average Bonchev–Trinajstić information content (AvgIpc) is 3.16. The maximum atomic E-state index is 8.79. The molecule has 0 unspecified atom stereocenters. The van der Waals surface area contributed by atoms with Crippen molar-refractivity contribution in [2.24, 2.45) is 0 Å². The Morgan fingerprint density at radius 2 is 2.32 bits per heavy atom. The zero-order valence-electron chi connectivity index (χ0n) is 9.95. The number of tetrazole rings is 1. The largest absolute Gasteiger partial charge is 0.217 e. The maximum absolute atomic E-state index is 8.79. The molecule has 0 atom stereocenters. The molecule has 0 amide bonds. The van der Waals surface area contributed by atoms with Crippen molar-refractivity contribution in [1.29, 1.82) is 5.26 Å². The van der Waals surface area contributed by atoms with Crippen LogP contribution in [0.1, 0.15) is 30.0 Å². The van der Waals surface area contributed by atoms with Gasteiger partial charge in [-0.15, -0.1) is 5.10 Å². The number of nitrogens with zero attached hydrogens (tertiary/aromatic N) is 5. The fourth-order valence-corrected chi connectivity index (χ4v) is 2.98. The lowest BCUT2D eigenvalue weighted by Crippen LogP contribution is -1.98. The monoisotopic (exact) mass is 291 g/mol. The van der Waals surface area contributed by atoms with E-state index in [9.17, 15) is 0 Å². The van der Waals surface area contributed by atoms with Crippen molar-refractivity contribution in [1.82, 2.24) is 20.2 Å². The van der Waals surface area contributed by atoms with E-state index < -0.39 is 0 Å². The van der Waals surface area contributed by atoms with E-state index in [4.69, 9.17) is 16.9 Å². The summed E-state index contributed by atoms with van der Waals surface area (Å²) < 4.78 is 1.88. The van der Waals surface area contributed by atoms with Crippen molar-refractivity contribution >= 4 is 23.4 Å². The number of rotatable bonds is 4. The Balaban J connectivity index is 1.72. The van der Waals surface area contributed by atoms with E-state index in [1.807, 2.05) is 10.7 Å². The first-order valence-corrected chi connectivity index (χ1v) is 7.23. The summed E-state index contributed by atoms with van der Waals surface area (Å²) in [7, 11) is 0. The van der Waals surface area contributed by atoms with E-state index in [-0.39, 0.29) is 0 Å². The molecule has 5 nitrogen and oxygen atoms in total. The summed E-state index contributed by atoms with van der Waals surface area (Å²) in [5, 5.41) is 22.0. The molecule has 1 heterocycles. The summed E-state index contributed by atoms with van der Waals surface area (Å²) in [5.41, 5.74) is 1.55. The van der Waals surface area contributed by atoms with E-state index >= 15 is 0 Å². The standard InChI is InChI=1S/C12H10ClN5S/c13-11-5-8(6-14)1-2-9(11)7-19-12-15-16-17-18(12)10-3-4-10/h1-2,5,10H,3-4,7H2. The van der Waals surface area contributed by atoms with Crippen LogP contribution in [0.5, 0.6) is 0 Å². The highest BCUT2D eigenvalue weighted by atomic mass is 35.5. The number of thioether (sulfide) groups is 1. The van der Waals surface area contributed by atoms with E-state index in [0.717, 1.165) is 23.6 Å². The maximum Gasteiger partial charge on any atom is 0.209 e. The van der Waals surface area contributed by atoms with Gasteiger partial charge >= 0.3 is 0 Å².